The molecule has 0 aliphatic carbocycles. The zero-order valence-electron chi connectivity index (χ0n) is 15.2. The van der Waals surface area contributed by atoms with Crippen LogP contribution in [-0.4, -0.2) is 22.0 Å². The average Bonchev–Trinajstić information content (AvgIpc) is 3.26. The first-order chi connectivity index (χ1) is 13.4. The Kier molecular flexibility index (Phi) is 4.23. The van der Waals surface area contributed by atoms with Crippen molar-refractivity contribution in [3.05, 3.63) is 61.2 Å². The third-order valence-corrected chi connectivity index (χ3v) is 5.65. The minimum Gasteiger partial charge on any atom is -0.497 e. The monoisotopic (exact) mass is 397 g/mol. The summed E-state index contributed by atoms with van der Waals surface area (Å²) in [5.41, 5.74) is 0.842. The first-order valence-corrected chi connectivity index (χ1v) is 9.13. The lowest BCUT2D eigenvalue weighted by Crippen LogP contribution is -2.08. The van der Waals surface area contributed by atoms with Crippen LogP contribution >= 0.6 is 11.3 Å². The van der Waals surface area contributed by atoms with Crippen LogP contribution in [0.1, 0.15) is 10.4 Å². The average molecular weight is 397 g/mol. The van der Waals surface area contributed by atoms with E-state index in [-0.39, 0.29) is 17.1 Å². The van der Waals surface area contributed by atoms with Crippen LogP contribution in [0.25, 0.3) is 33.1 Å². The van der Waals surface area contributed by atoms with Gasteiger partial charge in [-0.1, -0.05) is 0 Å². The molecule has 0 fully saturated rings. The summed E-state index contributed by atoms with van der Waals surface area (Å²) in [5, 5.41) is 12.0. The van der Waals surface area contributed by atoms with E-state index < -0.39 is 4.92 Å². The van der Waals surface area contributed by atoms with Crippen molar-refractivity contribution in [2.75, 3.05) is 7.11 Å². The molecule has 4 rings (SSSR count). The highest BCUT2D eigenvalue weighted by Crippen LogP contribution is 2.36. The van der Waals surface area contributed by atoms with Gasteiger partial charge >= 0.3 is 0 Å². The minimum atomic E-state index is -0.497. The number of benzene rings is 1. The van der Waals surface area contributed by atoms with Crippen LogP contribution in [0.3, 0.4) is 0 Å². The number of nitrogens with one attached hydrogen (secondary N) is 1. The largest absolute Gasteiger partial charge is 0.497 e. The number of nitrogens with zero attached hydrogens (tertiary/aromatic N) is 2. The highest BCUT2D eigenvalue weighted by Gasteiger charge is 2.21. The Bertz CT molecular complexity index is 1280. The third-order valence-electron chi connectivity index (χ3n) is 4.55. The SMILES string of the molecule is COc1ccc(-c2ccc(-c3nc4sc(C)c(C)c4c(=O)[nH]3)o2)c([N+](=O)[O-])c1. The van der Waals surface area contributed by atoms with Crippen LogP contribution in [-0.2, 0) is 0 Å². The van der Waals surface area contributed by atoms with Crippen LogP contribution in [0.2, 0.25) is 0 Å². The molecule has 1 aromatic carbocycles. The van der Waals surface area contributed by atoms with Gasteiger partial charge in [-0.05, 0) is 43.7 Å². The second-order valence-corrected chi connectivity index (χ2v) is 7.39. The number of nitro benzene ring substituents is 1. The van der Waals surface area contributed by atoms with E-state index in [1.165, 1.54) is 24.5 Å². The second-order valence-electron chi connectivity index (χ2n) is 6.18. The van der Waals surface area contributed by atoms with Gasteiger partial charge in [-0.25, -0.2) is 4.98 Å². The van der Waals surface area contributed by atoms with Crippen LogP contribution in [0, 0.1) is 24.0 Å². The number of rotatable bonds is 4. The van der Waals surface area contributed by atoms with Gasteiger partial charge < -0.3 is 14.1 Å². The Balaban J connectivity index is 1.82. The number of aryl methyl sites for hydroxylation is 2. The molecule has 0 aliphatic heterocycles. The molecular formula is C19H15N3O5S. The Labute approximate surface area is 162 Å². The third kappa shape index (κ3) is 2.85. The highest BCUT2D eigenvalue weighted by molar-refractivity contribution is 7.18. The lowest BCUT2D eigenvalue weighted by Gasteiger charge is -2.03. The lowest BCUT2D eigenvalue weighted by molar-refractivity contribution is -0.384. The van der Waals surface area contributed by atoms with Crippen molar-refractivity contribution >= 4 is 27.2 Å². The fraction of sp³-hybridized carbons (Fsp3) is 0.158. The van der Waals surface area contributed by atoms with Crippen LogP contribution in [0.4, 0.5) is 5.69 Å². The number of furan rings is 1. The topological polar surface area (TPSA) is 111 Å². The molecule has 3 aromatic heterocycles. The Morgan fingerprint density at radius 1 is 1.21 bits per heavy atom. The van der Waals surface area contributed by atoms with E-state index >= 15 is 0 Å². The molecule has 0 aliphatic rings. The molecule has 142 valence electrons. The number of methoxy groups -OCH3 is 1. The number of thiophene rings is 1. The summed E-state index contributed by atoms with van der Waals surface area (Å²) in [6.07, 6.45) is 0. The van der Waals surface area contributed by atoms with Crippen molar-refractivity contribution in [2.45, 2.75) is 13.8 Å². The van der Waals surface area contributed by atoms with Crippen molar-refractivity contribution in [1.82, 2.24) is 9.97 Å². The summed E-state index contributed by atoms with van der Waals surface area (Å²) in [4.78, 5) is 32.3. The van der Waals surface area contributed by atoms with Crippen LogP contribution in [0.5, 0.6) is 5.75 Å². The van der Waals surface area contributed by atoms with Gasteiger partial charge in [0.25, 0.3) is 11.2 Å². The van der Waals surface area contributed by atoms with Gasteiger partial charge in [-0.2, -0.15) is 0 Å². The molecule has 3 heterocycles. The van der Waals surface area contributed by atoms with Crippen molar-refractivity contribution in [2.24, 2.45) is 0 Å². The van der Waals surface area contributed by atoms with Gasteiger partial charge in [0.2, 0.25) is 0 Å². The highest BCUT2D eigenvalue weighted by atomic mass is 32.1. The summed E-state index contributed by atoms with van der Waals surface area (Å²) in [7, 11) is 1.44. The maximum absolute atomic E-state index is 12.5. The van der Waals surface area contributed by atoms with Crippen molar-refractivity contribution < 1.29 is 14.1 Å². The number of ether oxygens (including phenoxy) is 1. The van der Waals surface area contributed by atoms with E-state index in [4.69, 9.17) is 9.15 Å². The Morgan fingerprint density at radius 2 is 1.96 bits per heavy atom. The molecule has 9 heteroatoms. The fourth-order valence-corrected chi connectivity index (χ4v) is 4.01. The zero-order valence-corrected chi connectivity index (χ0v) is 16.0. The molecule has 0 atom stereocenters. The van der Waals surface area contributed by atoms with E-state index in [0.29, 0.717) is 33.1 Å². The van der Waals surface area contributed by atoms with E-state index in [1.54, 1.807) is 24.3 Å². The Morgan fingerprint density at radius 3 is 2.68 bits per heavy atom. The van der Waals surface area contributed by atoms with Gasteiger partial charge in [-0.3, -0.25) is 14.9 Å². The molecule has 0 unspecified atom stereocenters. The van der Waals surface area contributed by atoms with Crippen LogP contribution < -0.4 is 10.3 Å². The number of fused-ring (bicyclic) bond motifs is 1. The molecule has 0 bridgehead atoms. The normalized spacial score (nSPS) is 11.1. The quantitative estimate of drug-likeness (QED) is 0.402. The van der Waals surface area contributed by atoms with Gasteiger partial charge in [0, 0.05) is 4.88 Å². The van der Waals surface area contributed by atoms with Gasteiger partial charge in [0.05, 0.1) is 29.0 Å². The molecule has 1 N–H and O–H groups in total. The summed E-state index contributed by atoms with van der Waals surface area (Å²) in [6.45, 7) is 3.83. The van der Waals surface area contributed by atoms with Gasteiger partial charge in [-0.15, -0.1) is 11.3 Å². The predicted octanol–water partition coefficient (Wildman–Crippen LogP) is 4.45. The van der Waals surface area contributed by atoms with E-state index in [9.17, 15) is 14.9 Å². The standard InChI is InChI=1S/C19H15N3O5S/c1-9-10(2)28-19-16(9)18(23)20-17(21-19)15-7-6-14(27-15)12-5-4-11(26-3)8-13(12)22(24)25/h4-8H,1-3H3,(H,20,21,23). The number of H-pyrrole nitrogens is 1. The first-order valence-electron chi connectivity index (χ1n) is 8.32. The van der Waals surface area contributed by atoms with E-state index in [2.05, 4.69) is 9.97 Å². The smallest absolute Gasteiger partial charge is 0.284 e. The van der Waals surface area contributed by atoms with E-state index in [1.807, 2.05) is 13.8 Å². The Hall–Kier alpha value is -3.46. The lowest BCUT2D eigenvalue weighted by atomic mass is 10.1. The van der Waals surface area contributed by atoms with Gasteiger partial charge in [0.15, 0.2) is 11.6 Å². The van der Waals surface area contributed by atoms with Crippen molar-refractivity contribution in [3.63, 3.8) is 0 Å². The molecule has 0 saturated heterocycles. The minimum absolute atomic E-state index is 0.137. The summed E-state index contributed by atoms with van der Waals surface area (Å²) in [5.74, 6) is 1.27. The summed E-state index contributed by atoms with van der Waals surface area (Å²) < 4.78 is 10.8. The molecule has 0 saturated carbocycles. The van der Waals surface area contributed by atoms with Crippen molar-refractivity contribution in [3.8, 4) is 28.7 Å². The number of hydrogen-bond acceptors (Lipinski definition) is 7. The number of aromatic amines is 1. The van der Waals surface area contributed by atoms with E-state index in [0.717, 1.165) is 10.4 Å². The molecule has 0 spiro atoms. The maximum Gasteiger partial charge on any atom is 0.284 e. The summed E-state index contributed by atoms with van der Waals surface area (Å²) in [6, 6.07) is 7.75. The second kappa shape index (κ2) is 6.61. The maximum atomic E-state index is 12.5. The fourth-order valence-electron chi connectivity index (χ4n) is 2.98. The van der Waals surface area contributed by atoms with Crippen molar-refractivity contribution in [1.29, 1.82) is 0 Å². The first kappa shape index (κ1) is 17.9. The molecule has 0 radical (unpaired) electrons. The number of hydrogen-bond donors (Lipinski definition) is 1. The predicted molar refractivity (Wildman–Crippen MR) is 106 cm³/mol. The van der Waals surface area contributed by atoms with Gasteiger partial charge in [0.1, 0.15) is 16.3 Å². The molecule has 8 nitrogen and oxygen atoms in total. The van der Waals surface area contributed by atoms with Crippen LogP contribution in [0.15, 0.2) is 39.5 Å². The molecular weight excluding hydrogens is 382 g/mol. The number of aromatic nitrogens is 2. The summed E-state index contributed by atoms with van der Waals surface area (Å²) >= 11 is 1.44. The molecule has 0 amide bonds. The number of nitro groups is 1. The molecule has 28 heavy (non-hydrogen) atoms. The zero-order chi connectivity index (χ0) is 20.0. The molecule has 4 aromatic rings.